The van der Waals surface area contributed by atoms with E-state index in [0.717, 1.165) is 36.9 Å². The van der Waals surface area contributed by atoms with Gasteiger partial charge in [0.05, 0.1) is 6.61 Å². The number of rotatable bonds is 6. The topological polar surface area (TPSA) is 30.5 Å². The molecular weight excluding hydrogens is 250 g/mol. The molecule has 3 nitrogen and oxygen atoms in total. The fourth-order valence-electron chi connectivity index (χ4n) is 2.18. The van der Waals surface area contributed by atoms with Gasteiger partial charge in [0.25, 0.3) is 0 Å². The maximum absolute atomic E-state index is 6.03. The Morgan fingerprint density at radius 1 is 1.39 bits per heavy atom. The molecule has 1 aromatic carbocycles. The zero-order valence-corrected chi connectivity index (χ0v) is 11.5. The molecule has 1 saturated heterocycles. The van der Waals surface area contributed by atoms with Crippen molar-refractivity contribution in [2.24, 2.45) is 5.92 Å². The van der Waals surface area contributed by atoms with Crippen molar-refractivity contribution in [3.63, 3.8) is 0 Å². The summed E-state index contributed by atoms with van der Waals surface area (Å²) >= 11 is 5.87. The van der Waals surface area contributed by atoms with E-state index < -0.39 is 0 Å². The van der Waals surface area contributed by atoms with Crippen LogP contribution in [0.25, 0.3) is 0 Å². The molecule has 1 N–H and O–H groups in total. The highest BCUT2D eigenvalue weighted by Gasteiger charge is 2.26. The van der Waals surface area contributed by atoms with Gasteiger partial charge in [-0.3, -0.25) is 0 Å². The Morgan fingerprint density at radius 2 is 2.17 bits per heavy atom. The molecule has 2 atom stereocenters. The third-order valence-corrected chi connectivity index (χ3v) is 3.46. The Balaban J connectivity index is 1.97. The molecule has 0 aromatic heterocycles. The number of halogens is 1. The third-order valence-electron chi connectivity index (χ3n) is 3.21. The van der Waals surface area contributed by atoms with Gasteiger partial charge in [-0.25, -0.2) is 0 Å². The van der Waals surface area contributed by atoms with Crippen LogP contribution in [0, 0.1) is 5.92 Å². The fraction of sp³-hybridized carbons (Fsp3) is 0.571. The Morgan fingerprint density at radius 3 is 2.78 bits per heavy atom. The zero-order chi connectivity index (χ0) is 12.8. The Labute approximate surface area is 113 Å². The Kier molecular flexibility index (Phi) is 5.29. The van der Waals surface area contributed by atoms with Crippen molar-refractivity contribution in [1.29, 1.82) is 0 Å². The molecule has 0 aliphatic carbocycles. The molecule has 18 heavy (non-hydrogen) atoms. The van der Waals surface area contributed by atoms with Crippen LogP contribution >= 0.6 is 11.6 Å². The van der Waals surface area contributed by atoms with E-state index in [0.29, 0.717) is 12.5 Å². The highest BCUT2D eigenvalue weighted by Crippen LogP contribution is 2.22. The Hall–Kier alpha value is -0.770. The average Bonchev–Trinajstić information content (AvgIpc) is 2.90. The van der Waals surface area contributed by atoms with Crippen LogP contribution in [0.1, 0.15) is 13.3 Å². The quantitative estimate of drug-likeness (QED) is 0.861. The second-order valence-corrected chi connectivity index (χ2v) is 4.96. The van der Waals surface area contributed by atoms with Crippen LogP contribution < -0.4 is 10.1 Å². The maximum atomic E-state index is 6.03. The molecule has 0 radical (unpaired) electrons. The molecular formula is C14H20ClNO2. The van der Waals surface area contributed by atoms with E-state index in [1.165, 1.54) is 0 Å². The van der Waals surface area contributed by atoms with Crippen molar-refractivity contribution in [2.75, 3.05) is 26.3 Å². The summed E-state index contributed by atoms with van der Waals surface area (Å²) in [5, 5.41) is 4.10. The number of benzene rings is 1. The summed E-state index contributed by atoms with van der Waals surface area (Å²) in [5.41, 5.74) is 0. The molecule has 1 aliphatic heterocycles. The molecule has 0 amide bonds. The third kappa shape index (κ3) is 3.87. The summed E-state index contributed by atoms with van der Waals surface area (Å²) in [5.74, 6) is 1.38. The molecule has 1 fully saturated rings. The predicted molar refractivity (Wildman–Crippen MR) is 73.3 cm³/mol. The van der Waals surface area contributed by atoms with Gasteiger partial charge in [0.15, 0.2) is 0 Å². The number of hydrogen-bond donors (Lipinski definition) is 1. The van der Waals surface area contributed by atoms with Gasteiger partial charge >= 0.3 is 0 Å². The van der Waals surface area contributed by atoms with Crippen molar-refractivity contribution >= 4 is 11.6 Å². The first-order chi connectivity index (χ1) is 8.79. The van der Waals surface area contributed by atoms with E-state index in [9.17, 15) is 0 Å². The first-order valence-corrected chi connectivity index (χ1v) is 6.88. The second-order valence-electron chi connectivity index (χ2n) is 4.52. The minimum Gasteiger partial charge on any atom is -0.488 e. The minimum absolute atomic E-state index is 0.112. The van der Waals surface area contributed by atoms with Crippen molar-refractivity contribution in [3.05, 3.63) is 29.3 Å². The number of hydrogen-bond acceptors (Lipinski definition) is 3. The molecule has 100 valence electrons. The van der Waals surface area contributed by atoms with Crippen LogP contribution in [0.4, 0.5) is 0 Å². The van der Waals surface area contributed by atoms with E-state index in [2.05, 4.69) is 5.32 Å². The minimum atomic E-state index is 0.112. The normalized spacial score (nSPS) is 20.9. The molecule has 0 spiro atoms. The summed E-state index contributed by atoms with van der Waals surface area (Å²) in [6, 6.07) is 7.51. The molecule has 4 heteroatoms. The van der Waals surface area contributed by atoms with Gasteiger partial charge in [0.1, 0.15) is 11.9 Å². The molecule has 0 saturated carbocycles. The first-order valence-electron chi connectivity index (χ1n) is 6.50. The molecule has 2 rings (SSSR count). The maximum Gasteiger partial charge on any atom is 0.126 e. The number of ether oxygens (including phenoxy) is 2. The van der Waals surface area contributed by atoms with Gasteiger partial charge < -0.3 is 14.8 Å². The summed E-state index contributed by atoms with van der Waals surface area (Å²) < 4.78 is 11.6. The van der Waals surface area contributed by atoms with Crippen LogP contribution in [0.3, 0.4) is 0 Å². The lowest BCUT2D eigenvalue weighted by atomic mass is 10.0. The molecule has 1 aliphatic rings. The van der Waals surface area contributed by atoms with E-state index in [1.807, 2.05) is 31.2 Å². The lowest BCUT2D eigenvalue weighted by molar-refractivity contribution is 0.0291. The van der Waals surface area contributed by atoms with Gasteiger partial charge in [0.2, 0.25) is 0 Å². The summed E-state index contributed by atoms with van der Waals surface area (Å²) in [4.78, 5) is 0. The fourth-order valence-corrected chi connectivity index (χ4v) is 2.31. The van der Waals surface area contributed by atoms with Crippen molar-refractivity contribution in [2.45, 2.75) is 19.4 Å². The van der Waals surface area contributed by atoms with Crippen LogP contribution in [-0.2, 0) is 4.74 Å². The van der Waals surface area contributed by atoms with Crippen LogP contribution in [-0.4, -0.2) is 32.4 Å². The first kappa shape index (κ1) is 13.7. The lowest BCUT2D eigenvalue weighted by Crippen LogP contribution is -2.33. The highest BCUT2D eigenvalue weighted by atomic mass is 35.5. The van der Waals surface area contributed by atoms with Crippen LogP contribution in [0.2, 0.25) is 5.02 Å². The van der Waals surface area contributed by atoms with Crippen molar-refractivity contribution < 1.29 is 9.47 Å². The summed E-state index contributed by atoms with van der Waals surface area (Å²) in [6.07, 6.45) is 1.26. The van der Waals surface area contributed by atoms with E-state index in [1.54, 1.807) is 0 Å². The second kappa shape index (κ2) is 6.98. The van der Waals surface area contributed by atoms with E-state index in [-0.39, 0.29) is 6.10 Å². The smallest absolute Gasteiger partial charge is 0.126 e. The monoisotopic (exact) mass is 269 g/mol. The molecule has 1 heterocycles. The number of nitrogens with one attached hydrogen (secondary N) is 1. The average molecular weight is 270 g/mol. The van der Waals surface area contributed by atoms with Crippen LogP contribution in [0.5, 0.6) is 5.75 Å². The van der Waals surface area contributed by atoms with Gasteiger partial charge in [0, 0.05) is 24.1 Å². The largest absolute Gasteiger partial charge is 0.488 e. The highest BCUT2D eigenvalue weighted by molar-refractivity contribution is 6.30. The lowest BCUT2D eigenvalue weighted by Gasteiger charge is -2.24. The van der Waals surface area contributed by atoms with E-state index in [4.69, 9.17) is 21.1 Å². The van der Waals surface area contributed by atoms with Gasteiger partial charge in [-0.1, -0.05) is 11.6 Å². The standard InChI is InChI=1S/C14H20ClNO2/c1-2-17-10-14(11-7-8-16-9-11)18-13-5-3-12(15)4-6-13/h3-6,11,14,16H,2,7-10H2,1H3/t11-,14-/m1/s1. The SMILES string of the molecule is CCOC[C@@H](Oc1ccc(Cl)cc1)[C@@H]1CCNC1. The molecule has 0 unspecified atom stereocenters. The van der Waals surface area contributed by atoms with Crippen molar-refractivity contribution in [3.8, 4) is 5.75 Å². The van der Waals surface area contributed by atoms with Crippen molar-refractivity contribution in [1.82, 2.24) is 5.32 Å². The van der Waals surface area contributed by atoms with Gasteiger partial charge in [-0.2, -0.15) is 0 Å². The Bertz CT molecular complexity index is 349. The molecule has 0 bridgehead atoms. The predicted octanol–water partition coefficient (Wildman–Crippen LogP) is 2.73. The summed E-state index contributed by atoms with van der Waals surface area (Å²) in [7, 11) is 0. The zero-order valence-electron chi connectivity index (χ0n) is 10.7. The van der Waals surface area contributed by atoms with Gasteiger partial charge in [-0.05, 0) is 44.2 Å². The molecule has 1 aromatic rings. The van der Waals surface area contributed by atoms with Crippen LogP contribution in [0.15, 0.2) is 24.3 Å². The summed E-state index contributed by atoms with van der Waals surface area (Å²) in [6.45, 7) is 5.45. The van der Waals surface area contributed by atoms with Gasteiger partial charge in [-0.15, -0.1) is 0 Å². The van der Waals surface area contributed by atoms with E-state index >= 15 is 0 Å².